The van der Waals surface area contributed by atoms with Crippen LogP contribution in [-0.2, 0) is 10.0 Å². The van der Waals surface area contributed by atoms with Crippen LogP contribution in [0.2, 0.25) is 0 Å². The Hall–Kier alpha value is -2.15. The fraction of sp³-hybridized carbons (Fsp3) is 0.100. The Morgan fingerprint density at radius 3 is 2.00 bits per heavy atom. The molecule has 26 heavy (non-hydrogen) atoms. The molecule has 6 heteroatoms. The molecule has 2 N–H and O–H groups in total. The van der Waals surface area contributed by atoms with E-state index in [1.54, 1.807) is 30.3 Å². The van der Waals surface area contributed by atoms with Gasteiger partial charge in [0.05, 0.1) is 10.9 Å². The van der Waals surface area contributed by atoms with Gasteiger partial charge in [-0.3, -0.25) is 0 Å². The first-order chi connectivity index (χ1) is 12.5. The predicted molar refractivity (Wildman–Crippen MR) is 109 cm³/mol. The molecule has 0 aliphatic rings. The topological polar surface area (TPSA) is 58.2 Å². The maximum Gasteiger partial charge on any atom is 0.240 e. The second-order valence-electron chi connectivity index (χ2n) is 5.78. The quantitative estimate of drug-likeness (QED) is 0.576. The van der Waals surface area contributed by atoms with Crippen LogP contribution in [0.4, 0.5) is 5.69 Å². The fourth-order valence-electron chi connectivity index (χ4n) is 2.56. The summed E-state index contributed by atoms with van der Waals surface area (Å²) >= 11 is 3.42. The van der Waals surface area contributed by atoms with Gasteiger partial charge in [0.2, 0.25) is 10.0 Å². The number of hydrogen-bond acceptors (Lipinski definition) is 3. The van der Waals surface area contributed by atoms with Crippen LogP contribution < -0.4 is 10.0 Å². The molecule has 134 valence electrons. The summed E-state index contributed by atoms with van der Waals surface area (Å²) in [5.74, 6) is 0. The van der Waals surface area contributed by atoms with Crippen LogP contribution in [0, 0.1) is 0 Å². The fourth-order valence-corrected chi connectivity index (χ4v) is 3.89. The summed E-state index contributed by atoms with van der Waals surface area (Å²) in [7, 11) is -3.56. The maximum atomic E-state index is 12.5. The third-order valence-electron chi connectivity index (χ3n) is 3.92. The zero-order chi connectivity index (χ0) is 18.4. The van der Waals surface area contributed by atoms with E-state index in [0.717, 1.165) is 15.7 Å². The molecule has 0 amide bonds. The Bertz CT molecular complexity index is 931. The minimum absolute atomic E-state index is 0.198. The standard InChI is InChI=1S/C20H19BrN2O2S/c21-17-11-13-18(14-12-17)23-20(16-7-3-1-4-8-16)15-22-26(24,25)19-9-5-2-6-10-19/h1-14,20,22-23H,15H2/t20-/m0/s1. The molecule has 0 saturated heterocycles. The number of anilines is 1. The number of sulfonamides is 1. The van der Waals surface area contributed by atoms with Crippen molar-refractivity contribution in [3.63, 3.8) is 0 Å². The Labute approximate surface area is 162 Å². The molecule has 0 fully saturated rings. The summed E-state index contributed by atoms with van der Waals surface area (Å²) in [5, 5.41) is 3.40. The van der Waals surface area contributed by atoms with Gasteiger partial charge in [0.15, 0.2) is 0 Å². The lowest BCUT2D eigenvalue weighted by atomic mass is 10.1. The van der Waals surface area contributed by atoms with Crippen molar-refractivity contribution in [2.75, 3.05) is 11.9 Å². The average Bonchev–Trinajstić information content (AvgIpc) is 2.68. The summed E-state index contributed by atoms with van der Waals surface area (Å²) in [6.07, 6.45) is 0. The first kappa shape index (κ1) is 18.6. The molecule has 0 saturated carbocycles. The van der Waals surface area contributed by atoms with E-state index in [2.05, 4.69) is 26.0 Å². The molecule has 3 aromatic carbocycles. The van der Waals surface area contributed by atoms with Gasteiger partial charge in [-0.1, -0.05) is 64.5 Å². The van der Waals surface area contributed by atoms with Crippen LogP contribution in [0.3, 0.4) is 0 Å². The van der Waals surface area contributed by atoms with Crippen LogP contribution >= 0.6 is 15.9 Å². The number of nitrogens with one attached hydrogen (secondary N) is 2. The van der Waals surface area contributed by atoms with Gasteiger partial charge >= 0.3 is 0 Å². The summed E-state index contributed by atoms with van der Waals surface area (Å²) in [5.41, 5.74) is 1.92. The van der Waals surface area contributed by atoms with E-state index in [4.69, 9.17) is 0 Å². The summed E-state index contributed by atoms with van der Waals surface area (Å²) in [6.45, 7) is 0.233. The molecule has 0 aliphatic heterocycles. The molecule has 4 nitrogen and oxygen atoms in total. The van der Waals surface area contributed by atoms with Crippen LogP contribution in [0.15, 0.2) is 94.3 Å². The van der Waals surface area contributed by atoms with Gasteiger partial charge in [0.25, 0.3) is 0 Å². The van der Waals surface area contributed by atoms with E-state index in [1.807, 2.05) is 54.6 Å². The van der Waals surface area contributed by atoms with Crippen molar-refractivity contribution >= 4 is 31.6 Å². The Balaban J connectivity index is 1.79. The van der Waals surface area contributed by atoms with E-state index in [9.17, 15) is 8.42 Å². The normalized spacial score (nSPS) is 12.5. The van der Waals surface area contributed by atoms with E-state index in [1.165, 1.54) is 0 Å². The van der Waals surface area contributed by atoms with Crippen molar-refractivity contribution in [2.24, 2.45) is 0 Å². The lowest BCUT2D eigenvalue weighted by molar-refractivity contribution is 0.576. The van der Waals surface area contributed by atoms with Gasteiger partial charge in [-0.2, -0.15) is 0 Å². The van der Waals surface area contributed by atoms with Gasteiger partial charge in [0, 0.05) is 16.7 Å². The molecule has 3 aromatic rings. The van der Waals surface area contributed by atoms with Crippen molar-refractivity contribution in [2.45, 2.75) is 10.9 Å². The number of hydrogen-bond donors (Lipinski definition) is 2. The highest BCUT2D eigenvalue weighted by molar-refractivity contribution is 9.10. The van der Waals surface area contributed by atoms with Crippen molar-refractivity contribution in [3.8, 4) is 0 Å². The first-order valence-corrected chi connectivity index (χ1v) is 10.4. The highest BCUT2D eigenvalue weighted by Gasteiger charge is 2.18. The number of halogens is 1. The zero-order valence-electron chi connectivity index (χ0n) is 14.0. The van der Waals surface area contributed by atoms with Crippen LogP contribution in [0.25, 0.3) is 0 Å². The molecule has 0 bridgehead atoms. The molecule has 1 atom stereocenters. The lowest BCUT2D eigenvalue weighted by Gasteiger charge is -2.21. The average molecular weight is 431 g/mol. The van der Waals surface area contributed by atoms with E-state index < -0.39 is 10.0 Å². The van der Waals surface area contributed by atoms with Crippen molar-refractivity contribution in [1.29, 1.82) is 0 Å². The first-order valence-electron chi connectivity index (χ1n) is 8.16. The van der Waals surface area contributed by atoms with Gasteiger partial charge in [-0.05, 0) is 42.0 Å². The van der Waals surface area contributed by atoms with Crippen LogP contribution in [0.5, 0.6) is 0 Å². The SMILES string of the molecule is O=S(=O)(NC[C@H](Nc1ccc(Br)cc1)c1ccccc1)c1ccccc1. The monoisotopic (exact) mass is 430 g/mol. The summed E-state index contributed by atoms with van der Waals surface area (Å²) in [6, 6.07) is 25.8. The molecule has 0 aliphatic carbocycles. The van der Waals surface area contributed by atoms with Gasteiger partial charge < -0.3 is 5.32 Å². The van der Waals surface area contributed by atoms with Gasteiger partial charge in [-0.25, -0.2) is 13.1 Å². The molecule has 0 aromatic heterocycles. The van der Waals surface area contributed by atoms with Gasteiger partial charge in [-0.15, -0.1) is 0 Å². The highest BCUT2D eigenvalue weighted by atomic mass is 79.9. The van der Waals surface area contributed by atoms with Crippen LogP contribution in [-0.4, -0.2) is 15.0 Å². The van der Waals surface area contributed by atoms with E-state index in [-0.39, 0.29) is 17.5 Å². The number of benzene rings is 3. The molecule has 0 heterocycles. The summed E-state index contributed by atoms with van der Waals surface area (Å²) in [4.78, 5) is 0.260. The molecule has 3 rings (SSSR count). The minimum atomic E-state index is -3.56. The second kappa shape index (κ2) is 8.49. The van der Waals surface area contributed by atoms with Crippen LogP contribution in [0.1, 0.15) is 11.6 Å². The van der Waals surface area contributed by atoms with Crippen molar-refractivity contribution in [3.05, 3.63) is 95.0 Å². The highest BCUT2D eigenvalue weighted by Crippen LogP contribution is 2.21. The molecule has 0 unspecified atom stereocenters. The van der Waals surface area contributed by atoms with Crippen molar-refractivity contribution in [1.82, 2.24) is 4.72 Å². The number of rotatable bonds is 7. The lowest BCUT2D eigenvalue weighted by Crippen LogP contribution is -2.31. The van der Waals surface area contributed by atoms with E-state index >= 15 is 0 Å². The molecule has 0 radical (unpaired) electrons. The van der Waals surface area contributed by atoms with E-state index in [0.29, 0.717) is 0 Å². The third kappa shape index (κ3) is 4.94. The molecular weight excluding hydrogens is 412 g/mol. The third-order valence-corrected chi connectivity index (χ3v) is 5.89. The minimum Gasteiger partial charge on any atom is -0.377 e. The zero-order valence-corrected chi connectivity index (χ0v) is 16.4. The summed E-state index contributed by atoms with van der Waals surface area (Å²) < 4.78 is 28.7. The maximum absolute atomic E-state index is 12.5. The smallest absolute Gasteiger partial charge is 0.240 e. The Kier molecular flexibility index (Phi) is 6.08. The van der Waals surface area contributed by atoms with Gasteiger partial charge in [0.1, 0.15) is 0 Å². The largest absolute Gasteiger partial charge is 0.377 e. The Morgan fingerprint density at radius 2 is 1.38 bits per heavy atom. The second-order valence-corrected chi connectivity index (χ2v) is 8.46. The molecular formula is C20H19BrN2O2S. The predicted octanol–water partition coefficient (Wildman–Crippen LogP) is 4.58. The van der Waals surface area contributed by atoms with Crippen molar-refractivity contribution < 1.29 is 8.42 Å². The Morgan fingerprint density at radius 1 is 0.808 bits per heavy atom. The molecule has 0 spiro atoms.